The summed E-state index contributed by atoms with van der Waals surface area (Å²) in [7, 11) is -0.830. The van der Waals surface area contributed by atoms with Crippen molar-refractivity contribution in [3.8, 4) is 0 Å². The van der Waals surface area contributed by atoms with E-state index >= 15 is 0 Å². The maximum absolute atomic E-state index is 2.45. The molecule has 0 bridgehead atoms. The number of unbranched alkanes of at least 4 members (excludes halogenated alkanes) is 18. The van der Waals surface area contributed by atoms with Gasteiger partial charge in [0.25, 0.3) is 0 Å². The summed E-state index contributed by atoms with van der Waals surface area (Å²) in [6.45, 7) is 9.66. The Hall–Kier alpha value is 0.217. The molecule has 0 heterocycles. The molecule has 0 aromatic rings. The first-order valence-electron chi connectivity index (χ1n) is 13.7. The van der Waals surface area contributed by atoms with Crippen LogP contribution in [0.15, 0.2) is 0 Å². The lowest BCUT2D eigenvalue weighted by Crippen LogP contribution is -2.30. The Morgan fingerprint density at radius 1 is 0.321 bits per heavy atom. The van der Waals surface area contributed by atoms with Gasteiger partial charge in [-0.15, -0.1) is 0 Å². The minimum atomic E-state index is -0.830. The molecule has 0 saturated heterocycles. The number of rotatable bonds is 23. The highest BCUT2D eigenvalue weighted by atomic mass is 28.3. The van der Waals surface area contributed by atoms with E-state index < -0.39 is 8.07 Å². The van der Waals surface area contributed by atoms with E-state index in [-0.39, 0.29) is 0 Å². The maximum atomic E-state index is 2.45. The predicted octanol–water partition coefficient (Wildman–Crippen LogP) is 10.9. The molecule has 0 fully saturated rings. The molecule has 0 aliphatic rings. The van der Waals surface area contributed by atoms with Gasteiger partial charge in [-0.3, -0.25) is 0 Å². The fourth-order valence-corrected chi connectivity index (χ4v) is 8.42. The van der Waals surface area contributed by atoms with Crippen LogP contribution in [-0.2, 0) is 0 Å². The van der Waals surface area contributed by atoms with Gasteiger partial charge in [0.2, 0.25) is 0 Å². The van der Waals surface area contributed by atoms with Crippen LogP contribution in [0.3, 0.4) is 0 Å². The molecule has 0 aliphatic carbocycles. The highest BCUT2D eigenvalue weighted by Crippen LogP contribution is 2.27. The summed E-state index contributed by atoms with van der Waals surface area (Å²) in [5.41, 5.74) is 0. The SMILES string of the molecule is CCCCCCCCCCCCCCCCCCCCC[Si](CC)(CC)CC. The molecule has 0 saturated carbocycles. The lowest BCUT2D eigenvalue weighted by molar-refractivity contribution is 0.524. The van der Waals surface area contributed by atoms with Crippen LogP contribution in [0.1, 0.15) is 150 Å². The van der Waals surface area contributed by atoms with E-state index in [0.717, 1.165) is 0 Å². The first kappa shape index (κ1) is 28.2. The lowest BCUT2D eigenvalue weighted by Gasteiger charge is -2.28. The van der Waals surface area contributed by atoms with E-state index in [2.05, 4.69) is 27.7 Å². The third-order valence-electron chi connectivity index (χ3n) is 7.56. The second-order valence-electron chi connectivity index (χ2n) is 9.67. The van der Waals surface area contributed by atoms with Crippen molar-refractivity contribution in [2.45, 2.75) is 174 Å². The average Bonchev–Trinajstić information content (AvgIpc) is 2.73. The van der Waals surface area contributed by atoms with E-state index in [9.17, 15) is 0 Å². The first-order valence-corrected chi connectivity index (χ1v) is 16.6. The van der Waals surface area contributed by atoms with Crippen molar-refractivity contribution in [3.05, 3.63) is 0 Å². The second-order valence-corrected chi connectivity index (χ2v) is 15.3. The third kappa shape index (κ3) is 17.1. The van der Waals surface area contributed by atoms with Gasteiger partial charge in [-0.2, -0.15) is 0 Å². The van der Waals surface area contributed by atoms with Crippen LogP contribution >= 0.6 is 0 Å². The Balaban J connectivity index is 3.18. The van der Waals surface area contributed by atoms with Gasteiger partial charge in [0.05, 0.1) is 8.07 Å². The molecule has 0 rings (SSSR count). The molecule has 1 heteroatoms. The van der Waals surface area contributed by atoms with Crippen LogP contribution < -0.4 is 0 Å². The van der Waals surface area contributed by atoms with E-state index in [4.69, 9.17) is 0 Å². The number of hydrogen-bond donors (Lipinski definition) is 0. The van der Waals surface area contributed by atoms with Crippen molar-refractivity contribution >= 4 is 8.07 Å². The van der Waals surface area contributed by atoms with Crippen LogP contribution in [0, 0.1) is 0 Å². The quantitative estimate of drug-likeness (QED) is 0.116. The Kier molecular flexibility index (Phi) is 22.1. The molecule has 170 valence electrons. The summed E-state index contributed by atoms with van der Waals surface area (Å²) >= 11 is 0. The molecule has 0 radical (unpaired) electrons. The monoisotopic (exact) mass is 410 g/mol. The van der Waals surface area contributed by atoms with Crippen molar-refractivity contribution in [3.63, 3.8) is 0 Å². The lowest BCUT2D eigenvalue weighted by atomic mass is 10.0. The molecular formula is C27H58Si. The molecule has 28 heavy (non-hydrogen) atoms. The highest BCUT2D eigenvalue weighted by molar-refractivity contribution is 6.79. The van der Waals surface area contributed by atoms with Crippen molar-refractivity contribution in [1.29, 1.82) is 0 Å². The summed E-state index contributed by atoms with van der Waals surface area (Å²) in [5, 5.41) is 0. The first-order chi connectivity index (χ1) is 13.7. The van der Waals surface area contributed by atoms with Gasteiger partial charge in [0, 0.05) is 0 Å². The third-order valence-corrected chi connectivity index (χ3v) is 13.5. The Morgan fingerprint density at radius 3 is 0.821 bits per heavy atom. The van der Waals surface area contributed by atoms with Crippen molar-refractivity contribution in [1.82, 2.24) is 0 Å². The van der Waals surface area contributed by atoms with Gasteiger partial charge in [0.15, 0.2) is 0 Å². The molecule has 0 aromatic carbocycles. The van der Waals surface area contributed by atoms with Crippen LogP contribution in [0.25, 0.3) is 0 Å². The molecular weight excluding hydrogens is 352 g/mol. The molecule has 0 N–H and O–H groups in total. The summed E-state index contributed by atoms with van der Waals surface area (Å²) in [5.74, 6) is 0. The topological polar surface area (TPSA) is 0 Å². The fraction of sp³-hybridized carbons (Fsp3) is 1.00. The van der Waals surface area contributed by atoms with Gasteiger partial charge in [0.1, 0.15) is 0 Å². The molecule has 0 spiro atoms. The fourth-order valence-electron chi connectivity index (χ4n) is 4.86. The summed E-state index contributed by atoms with van der Waals surface area (Å²) in [6, 6.07) is 6.15. The summed E-state index contributed by atoms with van der Waals surface area (Å²) < 4.78 is 0. The van der Waals surface area contributed by atoms with Crippen molar-refractivity contribution in [2.24, 2.45) is 0 Å². The van der Waals surface area contributed by atoms with Crippen LogP contribution in [0.4, 0.5) is 0 Å². The van der Waals surface area contributed by atoms with Crippen LogP contribution in [0.5, 0.6) is 0 Å². The van der Waals surface area contributed by atoms with Crippen LogP contribution in [-0.4, -0.2) is 8.07 Å². The van der Waals surface area contributed by atoms with Gasteiger partial charge in [-0.25, -0.2) is 0 Å². The number of hydrogen-bond acceptors (Lipinski definition) is 0. The van der Waals surface area contributed by atoms with Gasteiger partial charge >= 0.3 is 0 Å². The molecule has 0 atom stereocenters. The van der Waals surface area contributed by atoms with Gasteiger partial charge < -0.3 is 0 Å². The zero-order valence-electron chi connectivity index (χ0n) is 20.8. The Morgan fingerprint density at radius 2 is 0.571 bits per heavy atom. The highest BCUT2D eigenvalue weighted by Gasteiger charge is 2.25. The average molecular weight is 411 g/mol. The Bertz CT molecular complexity index is 274. The smallest absolute Gasteiger partial charge is 0.0527 e. The Labute approximate surface area is 182 Å². The van der Waals surface area contributed by atoms with Crippen LogP contribution in [0.2, 0.25) is 24.2 Å². The molecule has 0 aliphatic heterocycles. The molecule has 0 aromatic heterocycles. The standard InChI is InChI=1S/C27H58Si/c1-5-9-10-11-12-13-14-15-16-17-18-19-20-21-22-23-24-25-26-27-28(6-2,7-3)8-4/h5-27H2,1-4H3. The van der Waals surface area contributed by atoms with E-state index in [1.807, 2.05) is 0 Å². The zero-order valence-corrected chi connectivity index (χ0v) is 21.8. The normalized spacial score (nSPS) is 12.0. The largest absolute Gasteiger partial charge is 0.0678 e. The molecule has 0 amide bonds. The van der Waals surface area contributed by atoms with Gasteiger partial charge in [-0.1, -0.05) is 174 Å². The molecule has 0 unspecified atom stereocenters. The predicted molar refractivity (Wildman–Crippen MR) is 135 cm³/mol. The minimum absolute atomic E-state index is 0.830. The zero-order chi connectivity index (χ0) is 20.8. The molecule has 0 nitrogen and oxygen atoms in total. The summed E-state index contributed by atoms with van der Waals surface area (Å²) in [4.78, 5) is 0. The van der Waals surface area contributed by atoms with E-state index in [1.54, 1.807) is 6.04 Å². The van der Waals surface area contributed by atoms with E-state index in [0.29, 0.717) is 0 Å². The van der Waals surface area contributed by atoms with Crippen molar-refractivity contribution < 1.29 is 0 Å². The second kappa shape index (κ2) is 21.9. The van der Waals surface area contributed by atoms with Crippen molar-refractivity contribution in [2.75, 3.05) is 0 Å². The summed E-state index contributed by atoms with van der Waals surface area (Å²) in [6.07, 6.45) is 28.2. The van der Waals surface area contributed by atoms with E-state index in [1.165, 1.54) is 140 Å². The minimum Gasteiger partial charge on any atom is -0.0678 e. The van der Waals surface area contributed by atoms with Gasteiger partial charge in [-0.05, 0) is 0 Å². The maximum Gasteiger partial charge on any atom is 0.0527 e.